The van der Waals surface area contributed by atoms with Crippen molar-refractivity contribution in [3.8, 4) is 0 Å². The van der Waals surface area contributed by atoms with Gasteiger partial charge in [0.15, 0.2) is 5.96 Å². The standard InChI is InChI=1S/C16H30N6/c1-5-14-21-18-12-22(14)11-10-17-15(20-16(2,3)4)19-13-8-6-7-9-13/h12-13H,5-11H2,1-4H3,(H2,17,19,20). The number of aromatic nitrogens is 3. The van der Waals surface area contributed by atoms with Crippen LogP contribution in [-0.2, 0) is 13.0 Å². The van der Waals surface area contributed by atoms with Crippen LogP contribution in [0, 0.1) is 0 Å². The van der Waals surface area contributed by atoms with Gasteiger partial charge in [0, 0.05) is 24.5 Å². The molecule has 0 saturated heterocycles. The van der Waals surface area contributed by atoms with Gasteiger partial charge in [0.2, 0.25) is 0 Å². The molecule has 1 heterocycles. The Morgan fingerprint density at radius 3 is 2.73 bits per heavy atom. The van der Waals surface area contributed by atoms with E-state index >= 15 is 0 Å². The Hall–Kier alpha value is -1.59. The summed E-state index contributed by atoms with van der Waals surface area (Å²) < 4.78 is 2.08. The number of hydrogen-bond acceptors (Lipinski definition) is 3. The zero-order valence-corrected chi connectivity index (χ0v) is 14.4. The van der Waals surface area contributed by atoms with Crippen LogP contribution in [0.5, 0.6) is 0 Å². The number of guanidine groups is 1. The minimum absolute atomic E-state index is 0.00950. The van der Waals surface area contributed by atoms with E-state index in [0.29, 0.717) is 6.04 Å². The molecule has 0 spiro atoms. The van der Waals surface area contributed by atoms with E-state index in [-0.39, 0.29) is 5.54 Å². The predicted octanol–water partition coefficient (Wildman–Crippen LogP) is 2.12. The Labute approximate surface area is 133 Å². The van der Waals surface area contributed by atoms with Gasteiger partial charge in [-0.15, -0.1) is 10.2 Å². The predicted molar refractivity (Wildman–Crippen MR) is 90.0 cm³/mol. The third-order valence-corrected chi connectivity index (χ3v) is 3.81. The van der Waals surface area contributed by atoms with E-state index in [1.165, 1.54) is 25.7 Å². The van der Waals surface area contributed by atoms with Gasteiger partial charge >= 0.3 is 0 Å². The Kier molecular flexibility index (Phi) is 5.80. The SMILES string of the molecule is CCc1nncn1CCN=C(NC1CCCC1)NC(C)(C)C. The van der Waals surface area contributed by atoms with E-state index in [2.05, 4.69) is 53.1 Å². The number of aryl methyl sites for hydroxylation is 1. The molecule has 0 atom stereocenters. The molecule has 1 aromatic rings. The van der Waals surface area contributed by atoms with Gasteiger partial charge in [0.05, 0.1) is 6.54 Å². The molecule has 6 heteroatoms. The summed E-state index contributed by atoms with van der Waals surface area (Å²) in [6.45, 7) is 10.1. The van der Waals surface area contributed by atoms with Crippen LogP contribution >= 0.6 is 0 Å². The average Bonchev–Trinajstić information content (AvgIpc) is 3.07. The lowest BCUT2D eigenvalue weighted by Crippen LogP contribution is -2.50. The molecule has 1 aliphatic carbocycles. The van der Waals surface area contributed by atoms with E-state index in [4.69, 9.17) is 4.99 Å². The van der Waals surface area contributed by atoms with Crippen LogP contribution in [0.3, 0.4) is 0 Å². The van der Waals surface area contributed by atoms with Crippen LogP contribution in [0.4, 0.5) is 0 Å². The lowest BCUT2D eigenvalue weighted by atomic mass is 10.1. The van der Waals surface area contributed by atoms with Crippen molar-refractivity contribution in [2.24, 2.45) is 4.99 Å². The molecule has 1 fully saturated rings. The first-order valence-electron chi connectivity index (χ1n) is 8.44. The first-order valence-corrected chi connectivity index (χ1v) is 8.44. The largest absolute Gasteiger partial charge is 0.354 e. The second-order valence-electron chi connectivity index (χ2n) is 7.03. The molecule has 1 saturated carbocycles. The topological polar surface area (TPSA) is 67.1 Å². The van der Waals surface area contributed by atoms with E-state index in [1.54, 1.807) is 6.33 Å². The fraction of sp³-hybridized carbons (Fsp3) is 0.812. The lowest BCUT2D eigenvalue weighted by Gasteiger charge is -2.26. The van der Waals surface area contributed by atoms with Gasteiger partial charge in [-0.05, 0) is 33.6 Å². The van der Waals surface area contributed by atoms with Crippen LogP contribution in [0.15, 0.2) is 11.3 Å². The third kappa shape index (κ3) is 5.31. The number of nitrogens with one attached hydrogen (secondary N) is 2. The van der Waals surface area contributed by atoms with Gasteiger partial charge in [0.1, 0.15) is 12.2 Å². The van der Waals surface area contributed by atoms with E-state index in [9.17, 15) is 0 Å². The highest BCUT2D eigenvalue weighted by molar-refractivity contribution is 5.80. The summed E-state index contributed by atoms with van der Waals surface area (Å²) in [5.74, 6) is 1.94. The highest BCUT2D eigenvalue weighted by atomic mass is 15.3. The summed E-state index contributed by atoms with van der Waals surface area (Å²) in [4.78, 5) is 4.74. The summed E-state index contributed by atoms with van der Waals surface area (Å²) in [5, 5.41) is 15.1. The monoisotopic (exact) mass is 306 g/mol. The van der Waals surface area contributed by atoms with Crippen LogP contribution in [0.25, 0.3) is 0 Å². The zero-order valence-electron chi connectivity index (χ0n) is 14.4. The maximum Gasteiger partial charge on any atom is 0.191 e. The quantitative estimate of drug-likeness (QED) is 0.646. The van der Waals surface area contributed by atoms with Crippen LogP contribution in [0.1, 0.15) is 59.2 Å². The molecule has 0 unspecified atom stereocenters. The Bertz CT molecular complexity index is 479. The molecule has 22 heavy (non-hydrogen) atoms. The molecule has 0 amide bonds. The number of rotatable bonds is 5. The molecule has 0 aliphatic heterocycles. The Balaban J connectivity index is 1.94. The van der Waals surface area contributed by atoms with Crippen molar-refractivity contribution >= 4 is 5.96 Å². The van der Waals surface area contributed by atoms with Gasteiger partial charge in [-0.2, -0.15) is 0 Å². The van der Waals surface area contributed by atoms with Crippen LogP contribution < -0.4 is 10.6 Å². The maximum absolute atomic E-state index is 4.74. The van der Waals surface area contributed by atoms with Crippen molar-refractivity contribution in [3.05, 3.63) is 12.2 Å². The van der Waals surface area contributed by atoms with E-state index < -0.39 is 0 Å². The first-order chi connectivity index (χ1) is 10.5. The minimum atomic E-state index is 0.00950. The van der Waals surface area contributed by atoms with Crippen molar-refractivity contribution in [2.45, 2.75) is 77.9 Å². The van der Waals surface area contributed by atoms with Crippen LogP contribution in [0.2, 0.25) is 0 Å². The molecule has 0 radical (unpaired) electrons. The van der Waals surface area contributed by atoms with E-state index in [1.807, 2.05) is 0 Å². The number of hydrogen-bond donors (Lipinski definition) is 2. The molecular formula is C16H30N6. The highest BCUT2D eigenvalue weighted by Crippen LogP contribution is 2.17. The van der Waals surface area contributed by atoms with E-state index in [0.717, 1.165) is 31.3 Å². The molecule has 2 N–H and O–H groups in total. The van der Waals surface area contributed by atoms with Gasteiger partial charge in [-0.1, -0.05) is 19.8 Å². The lowest BCUT2D eigenvalue weighted by molar-refractivity contribution is 0.489. The fourth-order valence-electron chi connectivity index (χ4n) is 2.75. The third-order valence-electron chi connectivity index (χ3n) is 3.81. The number of nitrogens with zero attached hydrogens (tertiary/aromatic N) is 4. The second-order valence-corrected chi connectivity index (χ2v) is 7.03. The molecule has 1 aromatic heterocycles. The zero-order chi connectivity index (χ0) is 16.0. The average molecular weight is 306 g/mol. The molecule has 0 aromatic carbocycles. The van der Waals surface area contributed by atoms with Crippen molar-refractivity contribution < 1.29 is 0 Å². The normalized spacial score (nSPS) is 17.0. The summed E-state index contributed by atoms with van der Waals surface area (Å²) in [6.07, 6.45) is 7.82. The maximum atomic E-state index is 4.74. The van der Waals surface area contributed by atoms with Gasteiger partial charge < -0.3 is 15.2 Å². The summed E-state index contributed by atoms with van der Waals surface area (Å²) in [5.41, 5.74) is 0.00950. The summed E-state index contributed by atoms with van der Waals surface area (Å²) >= 11 is 0. The summed E-state index contributed by atoms with van der Waals surface area (Å²) in [6, 6.07) is 0.565. The fourth-order valence-corrected chi connectivity index (χ4v) is 2.75. The van der Waals surface area contributed by atoms with Crippen molar-refractivity contribution in [2.75, 3.05) is 6.54 Å². The van der Waals surface area contributed by atoms with Crippen molar-refractivity contribution in [3.63, 3.8) is 0 Å². The van der Waals surface area contributed by atoms with Crippen LogP contribution in [-0.4, -0.2) is 38.8 Å². The van der Waals surface area contributed by atoms with Gasteiger partial charge in [-0.3, -0.25) is 4.99 Å². The van der Waals surface area contributed by atoms with Crippen molar-refractivity contribution in [1.82, 2.24) is 25.4 Å². The minimum Gasteiger partial charge on any atom is -0.354 e. The van der Waals surface area contributed by atoms with Gasteiger partial charge in [-0.25, -0.2) is 0 Å². The molecule has 6 nitrogen and oxygen atoms in total. The molecule has 1 aliphatic rings. The summed E-state index contributed by atoms with van der Waals surface area (Å²) in [7, 11) is 0. The molecular weight excluding hydrogens is 276 g/mol. The Morgan fingerprint density at radius 2 is 2.09 bits per heavy atom. The smallest absolute Gasteiger partial charge is 0.191 e. The Morgan fingerprint density at radius 1 is 1.36 bits per heavy atom. The molecule has 0 bridgehead atoms. The molecule has 124 valence electrons. The highest BCUT2D eigenvalue weighted by Gasteiger charge is 2.19. The molecule has 2 rings (SSSR count). The second kappa shape index (κ2) is 7.61. The van der Waals surface area contributed by atoms with Gasteiger partial charge in [0.25, 0.3) is 0 Å². The first kappa shape index (κ1) is 16.8. The number of aliphatic imine (C=N–C) groups is 1. The van der Waals surface area contributed by atoms with Crippen molar-refractivity contribution in [1.29, 1.82) is 0 Å².